The van der Waals surface area contributed by atoms with Crippen molar-refractivity contribution in [3.05, 3.63) is 23.9 Å². The summed E-state index contributed by atoms with van der Waals surface area (Å²) in [6, 6.07) is 1.79. The van der Waals surface area contributed by atoms with Gasteiger partial charge in [0, 0.05) is 13.1 Å². The first-order valence-electron chi connectivity index (χ1n) is 5.85. The van der Waals surface area contributed by atoms with Crippen molar-refractivity contribution < 1.29 is 4.79 Å². The Labute approximate surface area is 102 Å². The second kappa shape index (κ2) is 7.39. The monoisotopic (exact) mass is 231 g/mol. The molecule has 1 rings (SSSR count). The highest BCUT2D eigenvalue weighted by Crippen LogP contribution is 2.09. The van der Waals surface area contributed by atoms with E-state index in [0.717, 1.165) is 13.1 Å². The molecule has 1 heterocycles. The van der Waals surface area contributed by atoms with Gasteiger partial charge < -0.3 is 10.3 Å². The molecule has 4 heteroatoms. The molecule has 0 spiro atoms. The van der Waals surface area contributed by atoms with Crippen LogP contribution >= 0.6 is 0 Å². The molecular weight excluding hydrogens is 214 g/mol. The van der Waals surface area contributed by atoms with Crippen molar-refractivity contribution in [3.8, 4) is 6.07 Å². The van der Waals surface area contributed by atoms with Gasteiger partial charge >= 0.3 is 0 Å². The van der Waals surface area contributed by atoms with E-state index in [4.69, 9.17) is 10.7 Å². The van der Waals surface area contributed by atoms with Gasteiger partial charge in [0.25, 0.3) is 0 Å². The molecule has 0 atom stereocenters. The lowest BCUT2D eigenvalue weighted by Gasteiger charge is -2.16. The number of nitrogens with one attached hydrogen (secondary N) is 1. The molecule has 0 aliphatic carbocycles. The highest BCUT2D eigenvalue weighted by atomic mass is 16.1. The number of nitriles is 1. The van der Waals surface area contributed by atoms with Crippen LogP contribution in [0.2, 0.25) is 0 Å². The summed E-state index contributed by atoms with van der Waals surface area (Å²) in [5.74, 6) is -0.548. The average molecular weight is 231 g/mol. The number of ketones is 1. The van der Waals surface area contributed by atoms with E-state index in [0.29, 0.717) is 6.21 Å². The molecule has 17 heavy (non-hydrogen) atoms. The van der Waals surface area contributed by atoms with Gasteiger partial charge in [-0.05, 0) is 31.2 Å². The third-order valence-electron chi connectivity index (χ3n) is 2.72. The van der Waals surface area contributed by atoms with E-state index in [1.807, 2.05) is 6.20 Å². The van der Waals surface area contributed by atoms with E-state index in [-0.39, 0.29) is 5.57 Å². The fraction of sp³-hybridized carbons (Fsp3) is 0.462. The molecule has 0 aromatic rings. The van der Waals surface area contributed by atoms with Gasteiger partial charge in [0.15, 0.2) is 0 Å². The summed E-state index contributed by atoms with van der Waals surface area (Å²) in [5, 5.41) is 15.5. The molecule has 90 valence electrons. The van der Waals surface area contributed by atoms with Gasteiger partial charge in [0.2, 0.25) is 5.78 Å². The molecule has 0 aromatic heterocycles. The van der Waals surface area contributed by atoms with E-state index in [1.165, 1.54) is 31.8 Å². The van der Waals surface area contributed by atoms with E-state index in [1.54, 1.807) is 12.1 Å². The van der Waals surface area contributed by atoms with Gasteiger partial charge in [0.05, 0.1) is 6.21 Å². The van der Waals surface area contributed by atoms with Gasteiger partial charge in [-0.2, -0.15) is 5.26 Å². The number of carbonyl (C=O) groups excluding carboxylic acids is 1. The highest BCUT2D eigenvalue weighted by molar-refractivity contribution is 6.35. The number of hydrogen-bond acceptors (Lipinski definition) is 4. The predicted molar refractivity (Wildman–Crippen MR) is 66.7 cm³/mol. The van der Waals surface area contributed by atoms with E-state index < -0.39 is 5.78 Å². The van der Waals surface area contributed by atoms with Crippen LogP contribution in [0.25, 0.3) is 0 Å². The van der Waals surface area contributed by atoms with Crippen molar-refractivity contribution in [2.24, 2.45) is 0 Å². The summed E-state index contributed by atoms with van der Waals surface area (Å²) < 4.78 is 0. The zero-order valence-electron chi connectivity index (χ0n) is 9.85. The molecule has 0 unspecified atom stereocenters. The first kappa shape index (κ1) is 13.2. The van der Waals surface area contributed by atoms with Gasteiger partial charge in [-0.25, -0.2) is 0 Å². The summed E-state index contributed by atoms with van der Waals surface area (Å²) in [5.41, 5.74) is 0.00562. The second-order valence-corrected chi connectivity index (χ2v) is 3.99. The Morgan fingerprint density at radius 3 is 2.41 bits per heavy atom. The van der Waals surface area contributed by atoms with Crippen molar-refractivity contribution >= 4 is 12.0 Å². The topological polar surface area (TPSA) is 68.0 Å². The number of rotatable bonds is 4. The zero-order valence-corrected chi connectivity index (χ0v) is 9.85. The van der Waals surface area contributed by atoms with Gasteiger partial charge in [-0.15, -0.1) is 0 Å². The Morgan fingerprint density at radius 1 is 1.24 bits per heavy atom. The van der Waals surface area contributed by atoms with E-state index in [9.17, 15) is 4.79 Å². The summed E-state index contributed by atoms with van der Waals surface area (Å²) in [6.45, 7) is 2.06. The molecule has 0 amide bonds. The molecule has 0 saturated carbocycles. The lowest BCUT2D eigenvalue weighted by molar-refractivity contribution is -0.109. The quantitative estimate of drug-likeness (QED) is 0.348. The molecule has 0 bridgehead atoms. The largest absolute Gasteiger partial charge is 0.377 e. The van der Waals surface area contributed by atoms with Crippen LogP contribution in [0, 0.1) is 16.7 Å². The molecule has 1 saturated heterocycles. The van der Waals surface area contributed by atoms with Gasteiger partial charge in [-0.3, -0.25) is 4.79 Å². The van der Waals surface area contributed by atoms with Crippen LogP contribution in [0.1, 0.15) is 25.7 Å². The Hall–Kier alpha value is -1.89. The van der Waals surface area contributed by atoms with Crippen LogP contribution in [0.15, 0.2) is 23.9 Å². The van der Waals surface area contributed by atoms with E-state index in [2.05, 4.69) is 4.90 Å². The van der Waals surface area contributed by atoms with E-state index >= 15 is 0 Å². The van der Waals surface area contributed by atoms with Crippen molar-refractivity contribution in [2.45, 2.75) is 25.7 Å². The number of carbonyl (C=O) groups is 1. The number of allylic oxidation sites excluding steroid dienone is 3. The Morgan fingerprint density at radius 2 is 1.88 bits per heavy atom. The molecule has 0 radical (unpaired) electrons. The van der Waals surface area contributed by atoms with Crippen molar-refractivity contribution in [3.63, 3.8) is 0 Å². The van der Waals surface area contributed by atoms with Crippen molar-refractivity contribution in [1.82, 2.24) is 4.90 Å². The molecule has 1 aliphatic rings. The number of Topliss-reactive ketones (excluding diaryl/α,β-unsaturated/α-hetero) is 1. The maximum atomic E-state index is 11.1. The Bertz CT molecular complexity index is 369. The fourth-order valence-electron chi connectivity index (χ4n) is 1.76. The Kier molecular flexibility index (Phi) is 5.73. The average Bonchev–Trinajstić information content (AvgIpc) is 2.62. The fourth-order valence-corrected chi connectivity index (χ4v) is 1.76. The van der Waals surface area contributed by atoms with Gasteiger partial charge in [-0.1, -0.05) is 12.8 Å². The smallest absolute Gasteiger partial charge is 0.213 e. The summed E-state index contributed by atoms with van der Waals surface area (Å²) >= 11 is 0. The first-order valence-corrected chi connectivity index (χ1v) is 5.85. The van der Waals surface area contributed by atoms with Crippen LogP contribution in [0.3, 0.4) is 0 Å². The molecular formula is C13H17N3O. The van der Waals surface area contributed by atoms with Crippen LogP contribution in [-0.4, -0.2) is 30.0 Å². The maximum absolute atomic E-state index is 11.1. The SMILES string of the molecule is N#CC(=CC=CN1CCCCCC1)C(=O)C=N. The van der Waals surface area contributed by atoms with Crippen LogP contribution < -0.4 is 0 Å². The van der Waals surface area contributed by atoms with Crippen molar-refractivity contribution in [2.75, 3.05) is 13.1 Å². The third-order valence-corrected chi connectivity index (χ3v) is 2.72. The predicted octanol–water partition coefficient (Wildman–Crippen LogP) is 2.04. The minimum absolute atomic E-state index is 0.00562. The van der Waals surface area contributed by atoms with Crippen LogP contribution in [0.5, 0.6) is 0 Å². The molecule has 4 nitrogen and oxygen atoms in total. The Balaban J connectivity index is 2.57. The second-order valence-electron chi connectivity index (χ2n) is 3.99. The van der Waals surface area contributed by atoms with Crippen LogP contribution in [0.4, 0.5) is 0 Å². The minimum atomic E-state index is -0.548. The highest BCUT2D eigenvalue weighted by Gasteiger charge is 2.05. The first-order chi connectivity index (χ1) is 8.27. The van der Waals surface area contributed by atoms with Crippen LogP contribution in [-0.2, 0) is 4.79 Å². The third kappa shape index (κ3) is 4.64. The molecule has 1 N–H and O–H groups in total. The molecule has 1 fully saturated rings. The zero-order chi connectivity index (χ0) is 12.5. The standard InChI is InChI=1S/C13H17N3O/c14-10-12(13(17)11-15)6-5-9-16-7-3-1-2-4-8-16/h5-6,9,11,15H,1-4,7-8H2. The van der Waals surface area contributed by atoms with Crippen molar-refractivity contribution in [1.29, 1.82) is 10.7 Å². The summed E-state index contributed by atoms with van der Waals surface area (Å²) in [6.07, 6.45) is 10.7. The number of likely N-dealkylation sites (tertiary alicyclic amines) is 1. The lowest BCUT2D eigenvalue weighted by atomic mass is 10.2. The molecule has 1 aliphatic heterocycles. The minimum Gasteiger partial charge on any atom is -0.377 e. The lowest BCUT2D eigenvalue weighted by Crippen LogP contribution is -2.17. The maximum Gasteiger partial charge on any atom is 0.213 e. The normalized spacial score (nSPS) is 17.6. The van der Waals surface area contributed by atoms with Gasteiger partial charge in [0.1, 0.15) is 11.6 Å². The number of nitrogens with zero attached hydrogens (tertiary/aromatic N) is 2. The summed E-state index contributed by atoms with van der Waals surface area (Å²) in [4.78, 5) is 13.3. The molecule has 0 aromatic carbocycles. The number of hydrogen-bond donors (Lipinski definition) is 1. The summed E-state index contributed by atoms with van der Waals surface area (Å²) in [7, 11) is 0.